The van der Waals surface area contributed by atoms with Crippen molar-refractivity contribution in [2.24, 2.45) is 5.73 Å². The van der Waals surface area contributed by atoms with Gasteiger partial charge in [0.1, 0.15) is 5.76 Å². The first-order chi connectivity index (χ1) is 8.97. The molecule has 19 heavy (non-hydrogen) atoms. The number of carbonyl (C=O) groups excluding carboxylic acids is 1. The van der Waals surface area contributed by atoms with Gasteiger partial charge in [-0.05, 0) is 44.5 Å². The van der Waals surface area contributed by atoms with Crippen molar-refractivity contribution < 1.29 is 9.21 Å². The fraction of sp³-hybridized carbons (Fsp3) is 0.267. The molecule has 0 aliphatic carbocycles. The smallest absolute Gasteiger partial charge is 0.291 e. The number of rotatable bonds is 3. The van der Waals surface area contributed by atoms with Gasteiger partial charge in [0.2, 0.25) is 0 Å². The van der Waals surface area contributed by atoms with Crippen LogP contribution < -0.4 is 11.1 Å². The average molecular weight is 258 g/mol. The molecule has 1 atom stereocenters. The van der Waals surface area contributed by atoms with Crippen LogP contribution >= 0.6 is 0 Å². The van der Waals surface area contributed by atoms with Gasteiger partial charge in [-0.3, -0.25) is 4.79 Å². The van der Waals surface area contributed by atoms with Gasteiger partial charge < -0.3 is 15.5 Å². The molecule has 0 spiro atoms. The molecule has 3 N–H and O–H groups in total. The Morgan fingerprint density at radius 3 is 2.58 bits per heavy atom. The van der Waals surface area contributed by atoms with Crippen molar-refractivity contribution in [3.8, 4) is 0 Å². The number of furan rings is 1. The van der Waals surface area contributed by atoms with Crippen molar-refractivity contribution in [2.75, 3.05) is 5.32 Å². The number of carbonyl (C=O) groups is 1. The Bertz CT molecular complexity index is 600. The molecule has 1 unspecified atom stereocenters. The van der Waals surface area contributed by atoms with E-state index >= 15 is 0 Å². The Hall–Kier alpha value is -2.07. The van der Waals surface area contributed by atoms with Gasteiger partial charge in [0.05, 0.1) is 6.04 Å². The Labute approximate surface area is 112 Å². The van der Waals surface area contributed by atoms with E-state index in [0.29, 0.717) is 5.76 Å². The predicted octanol–water partition coefficient (Wildman–Crippen LogP) is 3.17. The molecule has 1 amide bonds. The molecule has 0 bridgehead atoms. The number of hydrogen-bond acceptors (Lipinski definition) is 3. The lowest BCUT2D eigenvalue weighted by Crippen LogP contribution is -2.12. The molecule has 0 aliphatic rings. The highest BCUT2D eigenvalue weighted by Gasteiger charge is 2.13. The largest absolute Gasteiger partial charge is 0.454 e. The van der Waals surface area contributed by atoms with Gasteiger partial charge in [0, 0.05) is 5.69 Å². The highest BCUT2D eigenvalue weighted by molar-refractivity contribution is 6.02. The van der Waals surface area contributed by atoms with E-state index in [-0.39, 0.29) is 17.7 Å². The van der Waals surface area contributed by atoms with Gasteiger partial charge in [-0.15, -0.1) is 0 Å². The average Bonchev–Trinajstić information content (AvgIpc) is 2.82. The van der Waals surface area contributed by atoms with Crippen LogP contribution in [0.15, 0.2) is 34.7 Å². The first-order valence-electron chi connectivity index (χ1n) is 6.21. The third kappa shape index (κ3) is 3.03. The van der Waals surface area contributed by atoms with Crippen LogP contribution in [0.4, 0.5) is 5.69 Å². The van der Waals surface area contributed by atoms with Crippen molar-refractivity contribution >= 4 is 11.6 Å². The maximum atomic E-state index is 12.0. The van der Waals surface area contributed by atoms with Gasteiger partial charge in [-0.2, -0.15) is 0 Å². The SMILES string of the molecule is Cc1ccc(NC(=O)c2ccc(C(C)N)o2)c(C)c1. The third-order valence-corrected chi connectivity index (χ3v) is 2.93. The summed E-state index contributed by atoms with van der Waals surface area (Å²) in [5, 5.41) is 2.83. The zero-order chi connectivity index (χ0) is 14.0. The quantitative estimate of drug-likeness (QED) is 0.888. The molecule has 4 nitrogen and oxygen atoms in total. The van der Waals surface area contributed by atoms with E-state index in [0.717, 1.165) is 16.8 Å². The summed E-state index contributed by atoms with van der Waals surface area (Å²) < 4.78 is 5.41. The molecular weight excluding hydrogens is 240 g/mol. The summed E-state index contributed by atoms with van der Waals surface area (Å²) in [6, 6.07) is 9.00. The van der Waals surface area contributed by atoms with Crippen LogP contribution in [0.2, 0.25) is 0 Å². The second kappa shape index (κ2) is 5.28. The molecule has 2 rings (SSSR count). The highest BCUT2D eigenvalue weighted by atomic mass is 16.4. The minimum atomic E-state index is -0.265. The van der Waals surface area contributed by atoms with Crippen LogP contribution in [0.25, 0.3) is 0 Å². The Morgan fingerprint density at radius 2 is 2.00 bits per heavy atom. The van der Waals surface area contributed by atoms with E-state index in [4.69, 9.17) is 10.2 Å². The van der Waals surface area contributed by atoms with Crippen LogP contribution in [0, 0.1) is 13.8 Å². The summed E-state index contributed by atoms with van der Waals surface area (Å²) in [5.74, 6) is 0.608. The molecule has 0 saturated heterocycles. The topological polar surface area (TPSA) is 68.3 Å². The van der Waals surface area contributed by atoms with Gasteiger partial charge >= 0.3 is 0 Å². The monoisotopic (exact) mass is 258 g/mol. The molecule has 1 heterocycles. The minimum absolute atomic E-state index is 0.220. The highest BCUT2D eigenvalue weighted by Crippen LogP contribution is 2.19. The fourth-order valence-electron chi connectivity index (χ4n) is 1.86. The zero-order valence-corrected chi connectivity index (χ0v) is 11.4. The lowest BCUT2D eigenvalue weighted by atomic mass is 10.1. The first-order valence-corrected chi connectivity index (χ1v) is 6.21. The summed E-state index contributed by atoms with van der Waals surface area (Å²) in [6.07, 6.45) is 0. The van der Waals surface area contributed by atoms with Gasteiger partial charge in [0.15, 0.2) is 5.76 Å². The number of anilines is 1. The lowest BCUT2D eigenvalue weighted by molar-refractivity contribution is 0.0994. The van der Waals surface area contributed by atoms with Crippen molar-refractivity contribution in [2.45, 2.75) is 26.8 Å². The molecule has 1 aromatic carbocycles. The second-order valence-electron chi connectivity index (χ2n) is 4.76. The van der Waals surface area contributed by atoms with Crippen molar-refractivity contribution in [3.63, 3.8) is 0 Å². The van der Waals surface area contributed by atoms with Crippen LogP contribution in [0.5, 0.6) is 0 Å². The van der Waals surface area contributed by atoms with E-state index in [1.54, 1.807) is 12.1 Å². The van der Waals surface area contributed by atoms with Crippen molar-refractivity contribution in [1.82, 2.24) is 0 Å². The first kappa shape index (κ1) is 13.4. The van der Waals surface area contributed by atoms with Gasteiger partial charge in [-0.25, -0.2) is 0 Å². The standard InChI is InChI=1S/C15H18N2O2/c1-9-4-5-12(10(2)8-9)17-15(18)14-7-6-13(19-14)11(3)16/h4-8,11H,16H2,1-3H3,(H,17,18). The van der Waals surface area contributed by atoms with E-state index < -0.39 is 0 Å². The molecule has 1 aromatic heterocycles. The molecule has 0 saturated carbocycles. The lowest BCUT2D eigenvalue weighted by Gasteiger charge is -2.07. The van der Waals surface area contributed by atoms with Crippen LogP contribution in [-0.4, -0.2) is 5.91 Å². The number of nitrogens with one attached hydrogen (secondary N) is 1. The number of benzene rings is 1. The Balaban J connectivity index is 2.16. The van der Waals surface area contributed by atoms with Crippen LogP contribution in [0.1, 0.15) is 40.4 Å². The molecule has 0 radical (unpaired) electrons. The van der Waals surface area contributed by atoms with E-state index in [2.05, 4.69) is 5.32 Å². The zero-order valence-electron chi connectivity index (χ0n) is 11.4. The maximum Gasteiger partial charge on any atom is 0.291 e. The molecule has 2 aromatic rings. The Morgan fingerprint density at radius 1 is 1.26 bits per heavy atom. The third-order valence-electron chi connectivity index (χ3n) is 2.93. The molecular formula is C15H18N2O2. The second-order valence-corrected chi connectivity index (χ2v) is 4.76. The van der Waals surface area contributed by atoms with Crippen molar-refractivity contribution in [3.05, 3.63) is 53.0 Å². The molecule has 0 aliphatic heterocycles. The normalized spacial score (nSPS) is 12.2. The summed E-state index contributed by atoms with van der Waals surface area (Å²) in [7, 11) is 0. The van der Waals surface area contributed by atoms with Gasteiger partial charge in [-0.1, -0.05) is 17.7 Å². The minimum Gasteiger partial charge on any atom is -0.454 e. The van der Waals surface area contributed by atoms with E-state index in [1.165, 1.54) is 0 Å². The maximum absolute atomic E-state index is 12.0. The molecule has 100 valence electrons. The summed E-state index contributed by atoms with van der Waals surface area (Å²) in [5.41, 5.74) is 8.66. The van der Waals surface area contributed by atoms with E-state index in [1.807, 2.05) is 39.0 Å². The van der Waals surface area contributed by atoms with Crippen LogP contribution in [-0.2, 0) is 0 Å². The Kier molecular flexibility index (Phi) is 3.71. The van der Waals surface area contributed by atoms with E-state index in [9.17, 15) is 4.79 Å². The summed E-state index contributed by atoms with van der Waals surface area (Å²) in [6.45, 7) is 5.78. The molecule has 4 heteroatoms. The number of hydrogen-bond donors (Lipinski definition) is 2. The summed E-state index contributed by atoms with van der Waals surface area (Å²) >= 11 is 0. The fourth-order valence-corrected chi connectivity index (χ4v) is 1.86. The van der Waals surface area contributed by atoms with Gasteiger partial charge in [0.25, 0.3) is 5.91 Å². The van der Waals surface area contributed by atoms with Crippen LogP contribution in [0.3, 0.4) is 0 Å². The van der Waals surface area contributed by atoms with Crippen molar-refractivity contribution in [1.29, 1.82) is 0 Å². The molecule has 0 fully saturated rings. The predicted molar refractivity (Wildman–Crippen MR) is 75.2 cm³/mol. The number of amides is 1. The number of aryl methyl sites for hydroxylation is 2. The summed E-state index contributed by atoms with van der Waals surface area (Å²) in [4.78, 5) is 12.0. The number of nitrogens with two attached hydrogens (primary N) is 1.